The lowest BCUT2D eigenvalue weighted by Crippen LogP contribution is -2.35. The minimum absolute atomic E-state index is 0.173. The second-order valence-electron chi connectivity index (χ2n) is 6.18. The van der Waals surface area contributed by atoms with E-state index in [4.69, 9.17) is 4.74 Å². The van der Waals surface area contributed by atoms with Crippen LogP contribution in [0.4, 0.5) is 0 Å². The fraction of sp³-hybridized carbons (Fsp3) is 0.611. The molecule has 1 aliphatic heterocycles. The van der Waals surface area contributed by atoms with Gasteiger partial charge < -0.3 is 14.5 Å². The first-order valence-corrected chi connectivity index (χ1v) is 8.19. The molecule has 0 saturated carbocycles. The molecule has 2 rings (SSSR count). The van der Waals surface area contributed by atoms with Gasteiger partial charge >= 0.3 is 0 Å². The van der Waals surface area contributed by atoms with Crippen LogP contribution in [0.3, 0.4) is 0 Å². The van der Waals surface area contributed by atoms with Crippen molar-refractivity contribution in [3.8, 4) is 0 Å². The van der Waals surface area contributed by atoms with Crippen molar-refractivity contribution in [2.45, 2.75) is 19.8 Å². The van der Waals surface area contributed by atoms with Crippen LogP contribution in [-0.2, 0) is 16.0 Å². The molecular weight excluding hydrogens is 276 g/mol. The number of amides is 1. The van der Waals surface area contributed by atoms with Crippen LogP contribution < -0.4 is 0 Å². The molecule has 1 aromatic carbocycles. The van der Waals surface area contributed by atoms with Crippen molar-refractivity contribution in [2.75, 3.05) is 46.4 Å². The van der Waals surface area contributed by atoms with Gasteiger partial charge in [-0.3, -0.25) is 4.79 Å². The Morgan fingerprint density at radius 2 is 2.00 bits per heavy atom. The van der Waals surface area contributed by atoms with Gasteiger partial charge in [0.15, 0.2) is 0 Å². The monoisotopic (exact) mass is 304 g/mol. The number of hydrogen-bond donors (Lipinski definition) is 0. The van der Waals surface area contributed by atoms with Gasteiger partial charge in [0.1, 0.15) is 0 Å². The average molecular weight is 304 g/mol. The Kier molecular flexibility index (Phi) is 6.87. The minimum Gasteiger partial charge on any atom is -0.384 e. The molecule has 22 heavy (non-hydrogen) atoms. The molecule has 0 spiro atoms. The highest BCUT2D eigenvalue weighted by Gasteiger charge is 2.23. The Hall–Kier alpha value is -1.39. The fourth-order valence-corrected chi connectivity index (χ4v) is 3.16. The highest BCUT2D eigenvalue weighted by atomic mass is 16.5. The smallest absolute Gasteiger partial charge is 0.219 e. The summed E-state index contributed by atoms with van der Waals surface area (Å²) in [7, 11) is 1.74. The van der Waals surface area contributed by atoms with Gasteiger partial charge in [-0.1, -0.05) is 30.3 Å². The number of nitrogens with zero attached hydrogens (tertiary/aromatic N) is 2. The summed E-state index contributed by atoms with van der Waals surface area (Å²) >= 11 is 0. The number of aryl methyl sites for hydroxylation is 1. The molecule has 0 radical (unpaired) electrons. The van der Waals surface area contributed by atoms with E-state index in [9.17, 15) is 4.79 Å². The van der Waals surface area contributed by atoms with E-state index in [-0.39, 0.29) is 5.91 Å². The van der Waals surface area contributed by atoms with Gasteiger partial charge in [-0.25, -0.2) is 0 Å². The molecule has 4 heteroatoms. The van der Waals surface area contributed by atoms with Crippen molar-refractivity contribution in [3.05, 3.63) is 35.9 Å². The molecule has 1 aromatic rings. The van der Waals surface area contributed by atoms with Crippen molar-refractivity contribution >= 4 is 5.91 Å². The number of carbonyl (C=O) groups excluding carboxylic acids is 1. The van der Waals surface area contributed by atoms with E-state index in [1.807, 2.05) is 4.90 Å². The molecule has 4 nitrogen and oxygen atoms in total. The first-order valence-electron chi connectivity index (χ1n) is 8.19. The standard InChI is InChI=1S/C18H28N2O2/c1-16(21)20-12-11-19(13-18(14-20)15-22-2)10-6-9-17-7-4-3-5-8-17/h3-5,7-8,18H,6,9-15H2,1-2H3/t18-/m1/s1. The maximum absolute atomic E-state index is 11.7. The van der Waals surface area contributed by atoms with Crippen molar-refractivity contribution in [2.24, 2.45) is 5.92 Å². The third-order valence-electron chi connectivity index (χ3n) is 4.31. The summed E-state index contributed by atoms with van der Waals surface area (Å²) < 4.78 is 5.32. The predicted octanol–water partition coefficient (Wildman–Crippen LogP) is 2.05. The van der Waals surface area contributed by atoms with Gasteiger partial charge in [0.05, 0.1) is 6.61 Å². The van der Waals surface area contributed by atoms with Crippen LogP contribution in [0.2, 0.25) is 0 Å². The van der Waals surface area contributed by atoms with E-state index in [2.05, 4.69) is 35.2 Å². The Bertz CT molecular complexity index is 450. The number of methoxy groups -OCH3 is 1. The molecule has 0 unspecified atom stereocenters. The lowest BCUT2D eigenvalue weighted by Gasteiger charge is -2.23. The molecule has 0 N–H and O–H groups in total. The van der Waals surface area contributed by atoms with E-state index in [0.29, 0.717) is 5.92 Å². The summed E-state index contributed by atoms with van der Waals surface area (Å²) in [6, 6.07) is 10.6. The van der Waals surface area contributed by atoms with E-state index in [1.54, 1.807) is 14.0 Å². The summed E-state index contributed by atoms with van der Waals surface area (Å²) in [5.74, 6) is 0.584. The Morgan fingerprint density at radius 1 is 1.23 bits per heavy atom. The first kappa shape index (κ1) is 17.0. The average Bonchev–Trinajstić information content (AvgIpc) is 2.71. The Labute approximate surface area is 134 Å². The van der Waals surface area contributed by atoms with E-state index in [0.717, 1.165) is 52.2 Å². The Balaban J connectivity index is 1.83. The Morgan fingerprint density at radius 3 is 2.68 bits per heavy atom. The lowest BCUT2D eigenvalue weighted by molar-refractivity contribution is -0.129. The van der Waals surface area contributed by atoms with Crippen molar-refractivity contribution in [1.82, 2.24) is 9.80 Å². The lowest BCUT2D eigenvalue weighted by atomic mass is 10.1. The quantitative estimate of drug-likeness (QED) is 0.806. The number of benzene rings is 1. The molecule has 1 aliphatic rings. The highest BCUT2D eigenvalue weighted by molar-refractivity contribution is 5.73. The fourth-order valence-electron chi connectivity index (χ4n) is 3.16. The summed E-state index contributed by atoms with van der Waals surface area (Å²) in [4.78, 5) is 16.1. The maximum Gasteiger partial charge on any atom is 0.219 e. The molecular formula is C18H28N2O2. The molecule has 122 valence electrons. The molecule has 0 bridgehead atoms. The van der Waals surface area contributed by atoms with Crippen molar-refractivity contribution < 1.29 is 9.53 Å². The van der Waals surface area contributed by atoms with Gasteiger partial charge in [-0.05, 0) is 24.9 Å². The maximum atomic E-state index is 11.7. The second kappa shape index (κ2) is 8.91. The largest absolute Gasteiger partial charge is 0.384 e. The summed E-state index contributed by atoms with van der Waals surface area (Å²) in [5.41, 5.74) is 1.40. The zero-order chi connectivity index (χ0) is 15.8. The molecule has 0 aliphatic carbocycles. The van der Waals surface area contributed by atoms with Crippen LogP contribution in [0.5, 0.6) is 0 Å². The topological polar surface area (TPSA) is 32.8 Å². The van der Waals surface area contributed by atoms with Gasteiger partial charge in [0, 0.05) is 46.1 Å². The van der Waals surface area contributed by atoms with E-state index < -0.39 is 0 Å². The molecule has 1 saturated heterocycles. The molecule has 0 aromatic heterocycles. The minimum atomic E-state index is 0.173. The number of rotatable bonds is 6. The molecule has 1 fully saturated rings. The van der Waals surface area contributed by atoms with Crippen LogP contribution in [0, 0.1) is 5.92 Å². The van der Waals surface area contributed by atoms with Gasteiger partial charge in [0.25, 0.3) is 0 Å². The van der Waals surface area contributed by atoms with E-state index in [1.165, 1.54) is 5.56 Å². The van der Waals surface area contributed by atoms with Crippen LogP contribution in [0.25, 0.3) is 0 Å². The highest BCUT2D eigenvalue weighted by Crippen LogP contribution is 2.12. The molecule has 1 atom stereocenters. The zero-order valence-corrected chi connectivity index (χ0v) is 13.8. The number of hydrogen-bond acceptors (Lipinski definition) is 3. The third kappa shape index (κ3) is 5.43. The van der Waals surface area contributed by atoms with Crippen molar-refractivity contribution in [3.63, 3.8) is 0 Å². The van der Waals surface area contributed by atoms with Crippen LogP contribution in [0.1, 0.15) is 18.9 Å². The van der Waals surface area contributed by atoms with Crippen molar-refractivity contribution in [1.29, 1.82) is 0 Å². The molecule has 1 amide bonds. The second-order valence-corrected chi connectivity index (χ2v) is 6.18. The normalized spacial score (nSPS) is 19.9. The van der Waals surface area contributed by atoms with Crippen LogP contribution in [-0.4, -0.2) is 62.1 Å². The van der Waals surface area contributed by atoms with Crippen LogP contribution >= 0.6 is 0 Å². The molecule has 1 heterocycles. The van der Waals surface area contributed by atoms with E-state index >= 15 is 0 Å². The van der Waals surface area contributed by atoms with Gasteiger partial charge in [0.2, 0.25) is 5.91 Å². The summed E-state index contributed by atoms with van der Waals surface area (Å²) in [6.07, 6.45) is 2.27. The van der Waals surface area contributed by atoms with Crippen LogP contribution in [0.15, 0.2) is 30.3 Å². The predicted molar refractivity (Wildman–Crippen MR) is 88.8 cm³/mol. The SMILES string of the molecule is COC[C@@H]1CN(CCCc2ccccc2)CCN(C(C)=O)C1. The number of carbonyl (C=O) groups is 1. The number of ether oxygens (including phenoxy) is 1. The van der Waals surface area contributed by atoms with Gasteiger partial charge in [-0.15, -0.1) is 0 Å². The summed E-state index contributed by atoms with van der Waals surface area (Å²) in [5, 5.41) is 0. The summed E-state index contributed by atoms with van der Waals surface area (Å²) in [6.45, 7) is 7.11. The third-order valence-corrected chi connectivity index (χ3v) is 4.31. The first-order chi connectivity index (χ1) is 10.7. The zero-order valence-electron chi connectivity index (χ0n) is 13.8. The van der Waals surface area contributed by atoms with Gasteiger partial charge in [-0.2, -0.15) is 0 Å².